The maximum absolute atomic E-state index is 14.2. The second kappa shape index (κ2) is 19.4. The normalized spacial score (nSPS) is 15.6. The van der Waals surface area contributed by atoms with E-state index in [0.717, 1.165) is 11.1 Å². The topological polar surface area (TPSA) is 247 Å². The zero-order valence-electron chi connectivity index (χ0n) is 35.6. The van der Waals surface area contributed by atoms with Crippen LogP contribution < -0.4 is 20.9 Å². The van der Waals surface area contributed by atoms with Crippen molar-refractivity contribution < 1.29 is 58.0 Å². The van der Waals surface area contributed by atoms with Crippen molar-refractivity contribution in [3.8, 4) is 17.1 Å². The minimum absolute atomic E-state index is 0.0248. The zero-order chi connectivity index (χ0) is 46.4. The van der Waals surface area contributed by atoms with E-state index in [-0.39, 0.29) is 62.1 Å². The Bertz CT molecular complexity index is 2770. The summed E-state index contributed by atoms with van der Waals surface area (Å²) >= 11 is 0. The average Bonchev–Trinajstić information content (AvgIpc) is 3.66. The van der Waals surface area contributed by atoms with Gasteiger partial charge in [-0.15, -0.1) is 0 Å². The molecule has 2 amide bonds. The molecule has 0 aliphatic carbocycles. The SMILES string of the molecule is CCc1c2c(nc3ccc(OC(=O)CCC(=O)NC(Cc4ccccc4)C(=O)O)cc13)-c1cc3c(c(=O)n1C2)COC(=O)C3(CC)OC(=O)CCC(=O)NC(Cc1ccccc1)C(=O)O. The lowest BCUT2D eigenvalue weighted by Crippen LogP contribution is -2.47. The minimum atomic E-state index is -2.03. The van der Waals surface area contributed by atoms with E-state index in [9.17, 15) is 48.6 Å². The molecule has 17 heteroatoms. The minimum Gasteiger partial charge on any atom is -0.480 e. The number of nitrogens with zero attached hydrogens (tertiary/aromatic N) is 2. The number of amides is 2. The molecule has 2 aliphatic heterocycles. The van der Waals surface area contributed by atoms with Gasteiger partial charge in [0.2, 0.25) is 17.4 Å². The first-order valence-electron chi connectivity index (χ1n) is 21.2. The van der Waals surface area contributed by atoms with E-state index >= 15 is 0 Å². The van der Waals surface area contributed by atoms with Gasteiger partial charge in [-0.05, 0) is 53.8 Å². The zero-order valence-corrected chi connectivity index (χ0v) is 35.6. The number of cyclic esters (lactones) is 1. The molecule has 0 bridgehead atoms. The predicted octanol–water partition coefficient (Wildman–Crippen LogP) is 4.28. The van der Waals surface area contributed by atoms with Gasteiger partial charge in [0, 0.05) is 42.2 Å². The molecule has 0 saturated carbocycles. The first kappa shape index (κ1) is 45.3. The third-order valence-electron chi connectivity index (χ3n) is 11.6. The maximum Gasteiger partial charge on any atom is 0.355 e. The highest BCUT2D eigenvalue weighted by Crippen LogP contribution is 2.42. The van der Waals surface area contributed by atoms with Crippen molar-refractivity contribution in [3.05, 3.63) is 129 Å². The number of carbonyl (C=O) groups excluding carboxylic acids is 5. The summed E-state index contributed by atoms with van der Waals surface area (Å²) in [4.78, 5) is 108. The van der Waals surface area contributed by atoms with Crippen LogP contribution in [0.3, 0.4) is 0 Å². The molecule has 0 fully saturated rings. The third-order valence-corrected chi connectivity index (χ3v) is 11.6. The molecular weight excluding hydrogens is 841 g/mol. The second-order valence-electron chi connectivity index (χ2n) is 15.8. The number of carbonyl (C=O) groups is 7. The van der Waals surface area contributed by atoms with Crippen molar-refractivity contribution in [1.29, 1.82) is 0 Å². The van der Waals surface area contributed by atoms with Crippen LogP contribution >= 0.6 is 0 Å². The number of nitrogens with one attached hydrogen (secondary N) is 2. The molecule has 5 aromatic rings. The maximum atomic E-state index is 14.2. The molecule has 3 atom stereocenters. The van der Waals surface area contributed by atoms with Gasteiger partial charge in [-0.25, -0.2) is 19.4 Å². The van der Waals surface area contributed by atoms with Crippen molar-refractivity contribution in [3.63, 3.8) is 0 Å². The number of carboxylic acids is 2. The summed E-state index contributed by atoms with van der Waals surface area (Å²) in [6.45, 7) is 3.26. The van der Waals surface area contributed by atoms with E-state index in [2.05, 4.69) is 10.6 Å². The summed E-state index contributed by atoms with van der Waals surface area (Å²) in [7, 11) is 0. The Morgan fingerprint density at radius 2 is 1.35 bits per heavy atom. The molecule has 0 saturated heterocycles. The molecule has 0 radical (unpaired) electrons. The van der Waals surface area contributed by atoms with Crippen LogP contribution in [0.2, 0.25) is 0 Å². The number of carboxylic acid groups (broad SMARTS) is 2. The number of hydrogen-bond donors (Lipinski definition) is 4. The van der Waals surface area contributed by atoms with Crippen molar-refractivity contribution in [2.75, 3.05) is 0 Å². The van der Waals surface area contributed by atoms with Crippen LogP contribution in [-0.4, -0.2) is 73.5 Å². The Hall–Kier alpha value is -7.69. The lowest BCUT2D eigenvalue weighted by Gasteiger charge is -2.35. The highest BCUT2D eigenvalue weighted by molar-refractivity contribution is 5.92. The van der Waals surface area contributed by atoms with Crippen LogP contribution in [0.15, 0.2) is 89.7 Å². The molecule has 7 rings (SSSR count). The first-order valence-corrected chi connectivity index (χ1v) is 21.2. The largest absolute Gasteiger partial charge is 0.480 e. The van der Waals surface area contributed by atoms with Crippen molar-refractivity contribution >= 4 is 52.6 Å². The van der Waals surface area contributed by atoms with Gasteiger partial charge in [0.05, 0.1) is 41.9 Å². The number of fused-ring (bicyclic) bond motifs is 5. The van der Waals surface area contributed by atoms with Crippen molar-refractivity contribution in [2.24, 2.45) is 0 Å². The Balaban J connectivity index is 1.06. The van der Waals surface area contributed by atoms with E-state index < -0.39 is 77.7 Å². The first-order chi connectivity index (χ1) is 31.2. The fourth-order valence-electron chi connectivity index (χ4n) is 8.26. The molecular formula is C48H46N4O13. The predicted molar refractivity (Wildman–Crippen MR) is 231 cm³/mol. The van der Waals surface area contributed by atoms with Crippen LogP contribution in [0.1, 0.15) is 79.3 Å². The van der Waals surface area contributed by atoms with E-state index in [0.29, 0.717) is 39.8 Å². The molecule has 4 N–H and O–H groups in total. The quantitative estimate of drug-likeness (QED) is 0.0695. The summed E-state index contributed by atoms with van der Waals surface area (Å²) in [5.74, 6) is -6.14. The number of aliphatic carboxylic acids is 2. The van der Waals surface area contributed by atoms with Crippen molar-refractivity contribution in [2.45, 2.75) is 96.1 Å². The highest BCUT2D eigenvalue weighted by Gasteiger charge is 2.50. The molecule has 17 nitrogen and oxygen atoms in total. The van der Waals surface area contributed by atoms with Crippen LogP contribution in [-0.2, 0) is 81.1 Å². The Kier molecular flexibility index (Phi) is 13.5. The summed E-state index contributed by atoms with van der Waals surface area (Å²) in [5, 5.41) is 24.9. The summed E-state index contributed by atoms with van der Waals surface area (Å²) < 4.78 is 18.4. The van der Waals surface area contributed by atoms with Gasteiger partial charge in [0.15, 0.2) is 0 Å². The molecule has 2 aliphatic rings. The average molecular weight is 887 g/mol. The Labute approximate surface area is 371 Å². The molecule has 336 valence electrons. The fraction of sp³-hybridized carbons (Fsp3) is 0.312. The monoisotopic (exact) mass is 886 g/mol. The van der Waals surface area contributed by atoms with Crippen LogP contribution in [0.25, 0.3) is 22.3 Å². The van der Waals surface area contributed by atoms with Gasteiger partial charge < -0.3 is 39.6 Å². The number of aryl methyl sites for hydroxylation is 1. The lowest BCUT2D eigenvalue weighted by molar-refractivity contribution is -0.189. The van der Waals surface area contributed by atoms with Gasteiger partial charge >= 0.3 is 29.8 Å². The molecule has 65 heavy (non-hydrogen) atoms. The standard InChI is InChI=1S/C48H46N4O13/c1-3-30-31-23-29(64-41(55)19-17-39(53)49-36(45(58)59)21-27-11-7-5-8-12-27)15-16-35(31)51-43-32(30)25-52-38(43)24-34-33(44(52)57)26-63-47(62)48(34,4-2)65-42(56)20-18-40(54)50-37(46(60)61)22-28-13-9-6-10-14-28/h5-16,23-24,36-37H,3-4,17-22,25-26H2,1-2H3,(H,49,53)(H,50,54)(H,58,59)(H,60,61). The Morgan fingerprint density at radius 3 is 1.91 bits per heavy atom. The fourth-order valence-corrected chi connectivity index (χ4v) is 8.26. The molecule has 3 aromatic carbocycles. The number of esters is 3. The van der Waals surface area contributed by atoms with Crippen LogP contribution in [0.5, 0.6) is 5.75 Å². The number of aromatic nitrogens is 2. The summed E-state index contributed by atoms with van der Waals surface area (Å²) in [6, 6.07) is 21.6. The molecule has 3 unspecified atom stereocenters. The van der Waals surface area contributed by atoms with Crippen LogP contribution in [0.4, 0.5) is 0 Å². The number of rotatable bonds is 18. The van der Waals surface area contributed by atoms with E-state index in [1.54, 1.807) is 85.8 Å². The molecule has 2 aromatic heterocycles. The van der Waals surface area contributed by atoms with Gasteiger partial charge in [-0.3, -0.25) is 24.0 Å². The molecule has 4 heterocycles. The van der Waals surface area contributed by atoms with Crippen molar-refractivity contribution in [1.82, 2.24) is 20.2 Å². The number of benzene rings is 3. The van der Waals surface area contributed by atoms with Gasteiger partial charge in [0.1, 0.15) is 24.4 Å². The van der Waals surface area contributed by atoms with E-state index in [1.165, 1.54) is 10.6 Å². The van der Waals surface area contributed by atoms with Gasteiger partial charge in [-0.1, -0.05) is 74.5 Å². The summed E-state index contributed by atoms with van der Waals surface area (Å²) in [6.07, 6.45) is -1.07. The Morgan fingerprint density at radius 1 is 0.769 bits per heavy atom. The third kappa shape index (κ3) is 9.78. The van der Waals surface area contributed by atoms with Gasteiger partial charge in [-0.2, -0.15) is 0 Å². The van der Waals surface area contributed by atoms with E-state index in [4.69, 9.17) is 19.2 Å². The second-order valence-corrected chi connectivity index (χ2v) is 15.8. The van der Waals surface area contributed by atoms with E-state index in [1.807, 2.05) is 6.92 Å². The number of hydrogen-bond acceptors (Lipinski definition) is 12. The smallest absolute Gasteiger partial charge is 0.355 e. The van der Waals surface area contributed by atoms with Crippen LogP contribution in [0, 0.1) is 0 Å². The number of ether oxygens (including phenoxy) is 3. The number of pyridine rings is 2. The molecule has 0 spiro atoms. The summed E-state index contributed by atoms with van der Waals surface area (Å²) in [5.41, 5.74) is 2.05. The lowest BCUT2D eigenvalue weighted by atomic mass is 9.85. The highest BCUT2D eigenvalue weighted by atomic mass is 16.6. The van der Waals surface area contributed by atoms with Gasteiger partial charge in [0.25, 0.3) is 5.56 Å².